The van der Waals surface area contributed by atoms with E-state index in [-0.39, 0.29) is 10.9 Å². The lowest BCUT2D eigenvalue weighted by molar-refractivity contribution is -0.158. The molecule has 0 unspecified atom stereocenters. The Morgan fingerprint density at radius 3 is 2.66 bits per heavy atom. The molecule has 7 nitrogen and oxygen atoms in total. The summed E-state index contributed by atoms with van der Waals surface area (Å²) in [6.45, 7) is 1.73. The van der Waals surface area contributed by atoms with Gasteiger partial charge < -0.3 is 16.0 Å². The average Bonchev–Trinajstić information content (AvgIpc) is 3.30. The minimum Gasteiger partial charge on any atom is -0.369 e. The number of carbonyl (C=O) groups is 1. The van der Waals surface area contributed by atoms with Gasteiger partial charge in [0.2, 0.25) is 0 Å². The molecule has 11 heteroatoms. The van der Waals surface area contributed by atoms with E-state index in [1.54, 1.807) is 28.4 Å². The second-order valence-electron chi connectivity index (χ2n) is 8.49. The van der Waals surface area contributed by atoms with Crippen LogP contribution in [0.2, 0.25) is 0 Å². The maximum absolute atomic E-state index is 13.2. The molecule has 0 bridgehead atoms. The monoisotopic (exact) mass is 464 g/mol. The van der Waals surface area contributed by atoms with Crippen molar-refractivity contribution in [2.75, 3.05) is 18.0 Å². The molecule has 32 heavy (non-hydrogen) atoms. The Balaban J connectivity index is 1.34. The first-order valence-corrected chi connectivity index (χ1v) is 11.5. The molecule has 1 saturated heterocycles. The molecule has 0 spiro atoms. The number of carbonyl (C=O) groups excluding carboxylic acids is 1. The first kappa shape index (κ1) is 21.2. The molecule has 170 valence electrons. The van der Waals surface area contributed by atoms with E-state index in [2.05, 4.69) is 20.3 Å². The Hall–Kier alpha value is -2.66. The van der Waals surface area contributed by atoms with Gasteiger partial charge in [0.05, 0.1) is 29.2 Å². The minimum atomic E-state index is -4.44. The van der Waals surface area contributed by atoms with Crippen LogP contribution in [0, 0.1) is 5.92 Å². The number of nitrogens with two attached hydrogens (primary N) is 1. The van der Waals surface area contributed by atoms with Gasteiger partial charge in [-0.25, -0.2) is 9.50 Å². The van der Waals surface area contributed by atoms with Crippen molar-refractivity contribution in [1.29, 1.82) is 0 Å². The summed E-state index contributed by atoms with van der Waals surface area (Å²) in [6, 6.07) is 0.0424. The number of halogens is 3. The van der Waals surface area contributed by atoms with Crippen LogP contribution in [-0.2, 0) is 0 Å². The van der Waals surface area contributed by atoms with Crippen molar-refractivity contribution in [1.82, 2.24) is 19.9 Å². The van der Waals surface area contributed by atoms with Gasteiger partial charge in [0.15, 0.2) is 5.65 Å². The largest absolute Gasteiger partial charge is 0.408 e. The van der Waals surface area contributed by atoms with Crippen LogP contribution in [0.15, 0.2) is 30.0 Å². The number of hydrogen-bond donors (Lipinski definition) is 2. The van der Waals surface area contributed by atoms with Crippen LogP contribution >= 0.6 is 11.3 Å². The van der Waals surface area contributed by atoms with Gasteiger partial charge in [-0.3, -0.25) is 4.79 Å². The lowest BCUT2D eigenvalue weighted by Gasteiger charge is -2.31. The number of thiophene rings is 1. The van der Waals surface area contributed by atoms with Crippen molar-refractivity contribution in [2.45, 2.75) is 43.9 Å². The molecular weight excluding hydrogens is 441 g/mol. The van der Waals surface area contributed by atoms with Crippen molar-refractivity contribution in [3.8, 4) is 11.1 Å². The van der Waals surface area contributed by atoms with Gasteiger partial charge in [-0.15, -0.1) is 11.3 Å². The lowest BCUT2D eigenvalue weighted by atomic mass is 10.1. The van der Waals surface area contributed by atoms with Crippen molar-refractivity contribution in [3.63, 3.8) is 0 Å². The molecule has 2 fully saturated rings. The number of nitrogens with zero attached hydrogens (tertiary/aromatic N) is 4. The number of rotatable bonds is 5. The van der Waals surface area contributed by atoms with Crippen molar-refractivity contribution >= 4 is 28.6 Å². The maximum Gasteiger partial charge on any atom is 0.408 e. The summed E-state index contributed by atoms with van der Waals surface area (Å²) >= 11 is 1.11. The van der Waals surface area contributed by atoms with E-state index < -0.39 is 24.0 Å². The van der Waals surface area contributed by atoms with Crippen LogP contribution in [0.5, 0.6) is 0 Å². The van der Waals surface area contributed by atoms with Crippen LogP contribution in [0.1, 0.15) is 35.4 Å². The molecular formula is C21H23F3N6OS. The van der Waals surface area contributed by atoms with Gasteiger partial charge in [-0.05, 0) is 48.6 Å². The number of alkyl halides is 3. The highest BCUT2D eigenvalue weighted by molar-refractivity contribution is 7.12. The van der Waals surface area contributed by atoms with Crippen molar-refractivity contribution < 1.29 is 18.0 Å². The zero-order valence-electron chi connectivity index (χ0n) is 17.2. The predicted molar refractivity (Wildman–Crippen MR) is 116 cm³/mol. The SMILES string of the molecule is NC1CCN(c2cnc3c(-c4csc(C(=O)N[C@@H](C5CC5)C(F)(F)F)c4)cnn3c2)CC1. The number of piperidine rings is 1. The Labute approximate surface area is 186 Å². The fourth-order valence-electron chi connectivity index (χ4n) is 4.09. The van der Waals surface area contributed by atoms with Crippen LogP contribution < -0.4 is 16.0 Å². The zero-order chi connectivity index (χ0) is 22.5. The van der Waals surface area contributed by atoms with Gasteiger partial charge in [-0.2, -0.15) is 18.3 Å². The third-order valence-corrected chi connectivity index (χ3v) is 7.04. The number of aromatic nitrogens is 3. The number of anilines is 1. The fourth-order valence-corrected chi connectivity index (χ4v) is 4.90. The lowest BCUT2D eigenvalue weighted by Crippen LogP contribution is -2.46. The first-order valence-electron chi connectivity index (χ1n) is 10.6. The highest BCUT2D eigenvalue weighted by Crippen LogP contribution is 2.40. The molecule has 1 amide bonds. The van der Waals surface area contributed by atoms with E-state index >= 15 is 0 Å². The molecule has 1 saturated carbocycles. The van der Waals surface area contributed by atoms with Crippen LogP contribution in [-0.4, -0.2) is 51.9 Å². The molecule has 2 aliphatic rings. The number of amides is 1. The molecule has 4 heterocycles. The molecule has 1 atom stereocenters. The normalized spacial score (nSPS) is 18.8. The Kier molecular flexibility index (Phi) is 5.32. The number of nitrogens with one attached hydrogen (secondary N) is 1. The van der Waals surface area contributed by atoms with Crippen LogP contribution in [0.4, 0.5) is 18.9 Å². The molecule has 0 radical (unpaired) electrons. The van der Waals surface area contributed by atoms with E-state index in [1.165, 1.54) is 0 Å². The average molecular weight is 465 g/mol. The summed E-state index contributed by atoms with van der Waals surface area (Å²) in [7, 11) is 0. The van der Waals surface area contributed by atoms with Crippen molar-refractivity contribution in [3.05, 3.63) is 34.9 Å². The summed E-state index contributed by atoms with van der Waals surface area (Å²) in [6.07, 6.45) is 3.75. The van der Waals surface area contributed by atoms with Crippen LogP contribution in [0.3, 0.4) is 0 Å². The van der Waals surface area contributed by atoms with E-state index in [0.29, 0.717) is 24.1 Å². The minimum absolute atomic E-state index is 0.232. The summed E-state index contributed by atoms with van der Waals surface area (Å²) in [4.78, 5) is 19.5. The highest BCUT2D eigenvalue weighted by atomic mass is 32.1. The van der Waals surface area contributed by atoms with E-state index in [0.717, 1.165) is 48.5 Å². The van der Waals surface area contributed by atoms with Gasteiger partial charge in [0.25, 0.3) is 5.91 Å². The highest BCUT2D eigenvalue weighted by Gasteiger charge is 2.49. The van der Waals surface area contributed by atoms with E-state index in [1.807, 2.05) is 6.20 Å². The predicted octanol–water partition coefficient (Wildman–Crippen LogP) is 3.46. The van der Waals surface area contributed by atoms with Gasteiger partial charge in [-0.1, -0.05) is 0 Å². The topological polar surface area (TPSA) is 88.5 Å². The third kappa shape index (κ3) is 4.18. The second kappa shape index (κ2) is 8.04. The van der Waals surface area contributed by atoms with Gasteiger partial charge in [0, 0.05) is 24.7 Å². The molecule has 3 aromatic heterocycles. The molecule has 0 aromatic carbocycles. The summed E-state index contributed by atoms with van der Waals surface area (Å²) in [5.41, 5.74) is 8.99. The van der Waals surface area contributed by atoms with E-state index in [4.69, 9.17) is 5.73 Å². The Morgan fingerprint density at radius 2 is 1.97 bits per heavy atom. The smallest absolute Gasteiger partial charge is 0.369 e. The quantitative estimate of drug-likeness (QED) is 0.604. The molecule has 3 N–H and O–H groups in total. The maximum atomic E-state index is 13.2. The van der Waals surface area contributed by atoms with Crippen molar-refractivity contribution in [2.24, 2.45) is 11.7 Å². The Morgan fingerprint density at radius 1 is 1.22 bits per heavy atom. The zero-order valence-corrected chi connectivity index (χ0v) is 18.0. The third-order valence-electron chi connectivity index (χ3n) is 6.11. The molecule has 3 aromatic rings. The molecule has 5 rings (SSSR count). The number of fused-ring (bicyclic) bond motifs is 1. The summed E-state index contributed by atoms with van der Waals surface area (Å²) in [5.74, 6) is -1.22. The van der Waals surface area contributed by atoms with Crippen LogP contribution in [0.25, 0.3) is 16.8 Å². The first-order chi connectivity index (χ1) is 15.3. The summed E-state index contributed by atoms with van der Waals surface area (Å²) < 4.78 is 41.4. The van der Waals surface area contributed by atoms with Gasteiger partial charge in [0.1, 0.15) is 6.04 Å². The Bertz CT molecular complexity index is 1130. The molecule has 1 aliphatic heterocycles. The second-order valence-corrected chi connectivity index (χ2v) is 9.40. The fraction of sp³-hybridized carbons (Fsp3) is 0.476. The van der Waals surface area contributed by atoms with E-state index in [9.17, 15) is 18.0 Å². The standard InChI is InChI=1S/C21H23F3N6OS/c22-21(23,24)18(12-1-2-12)28-20(31)17-7-13(11-32-17)16-9-27-30-10-15(8-26-19(16)30)29-5-3-14(25)4-6-29/h7-12,14,18H,1-6,25H2,(H,28,31)/t18-/m0/s1. The number of hydrogen-bond acceptors (Lipinski definition) is 6. The molecule has 1 aliphatic carbocycles. The van der Waals surface area contributed by atoms with Gasteiger partial charge >= 0.3 is 6.18 Å². The summed E-state index contributed by atoms with van der Waals surface area (Å²) in [5, 5.41) is 8.31.